The molecule has 0 bridgehead atoms. The molecule has 10 heteroatoms. The van der Waals surface area contributed by atoms with Crippen LogP contribution in [0, 0.1) is 25.2 Å². The number of aromatic nitrogens is 2. The Hall–Kier alpha value is -4.03. The molecule has 0 radical (unpaired) electrons. The molecule has 0 spiro atoms. The number of halogens is 2. The fourth-order valence-corrected chi connectivity index (χ4v) is 4.89. The van der Waals surface area contributed by atoms with Gasteiger partial charge in [-0.25, -0.2) is 0 Å². The molecule has 0 fully saturated rings. The molecule has 1 atom stereocenters. The maximum Gasteiger partial charge on any atom is 0.103 e. The summed E-state index contributed by atoms with van der Waals surface area (Å²) >= 11 is 13.1. The molecule has 4 N–H and O–H groups in total. The summed E-state index contributed by atoms with van der Waals surface area (Å²) in [6, 6.07) is 15.7. The van der Waals surface area contributed by atoms with E-state index in [1.165, 1.54) is 6.20 Å². The predicted octanol–water partition coefficient (Wildman–Crippen LogP) is 6.90. The van der Waals surface area contributed by atoms with E-state index in [9.17, 15) is 5.26 Å². The summed E-state index contributed by atoms with van der Waals surface area (Å²) < 4.78 is 0. The number of rotatable bonds is 7. The molecular formula is C29H28Cl2N8. The van der Waals surface area contributed by atoms with E-state index in [4.69, 9.17) is 23.2 Å². The Morgan fingerprint density at radius 2 is 1.82 bits per heavy atom. The van der Waals surface area contributed by atoms with Crippen LogP contribution in [0.3, 0.4) is 0 Å². The maximum absolute atomic E-state index is 9.89. The molecule has 2 aromatic heterocycles. The number of hydrogen-bond acceptors (Lipinski definition) is 8. The summed E-state index contributed by atoms with van der Waals surface area (Å²) in [5.74, 6) is 0. The van der Waals surface area contributed by atoms with Gasteiger partial charge in [-0.15, -0.1) is 5.53 Å². The largest absolute Gasteiger partial charge is 0.373 e. The molecule has 8 nitrogen and oxygen atoms in total. The number of fused-ring (bicyclic) bond motifs is 1. The van der Waals surface area contributed by atoms with E-state index in [1.54, 1.807) is 6.20 Å². The topological polar surface area (TPSA) is 101 Å². The molecule has 0 saturated carbocycles. The van der Waals surface area contributed by atoms with Crippen molar-refractivity contribution in [2.24, 2.45) is 0 Å². The van der Waals surface area contributed by atoms with Gasteiger partial charge in [-0.05, 0) is 63.6 Å². The molecule has 2 aromatic carbocycles. The summed E-state index contributed by atoms with van der Waals surface area (Å²) in [4.78, 5) is 9.00. The summed E-state index contributed by atoms with van der Waals surface area (Å²) in [5.41, 5.74) is 13.4. The van der Waals surface area contributed by atoms with Crippen LogP contribution in [0.1, 0.15) is 42.3 Å². The van der Waals surface area contributed by atoms with E-state index < -0.39 is 0 Å². The predicted molar refractivity (Wildman–Crippen MR) is 158 cm³/mol. The van der Waals surface area contributed by atoms with E-state index in [1.807, 2.05) is 67.5 Å². The van der Waals surface area contributed by atoms with Crippen molar-refractivity contribution in [3.8, 4) is 6.07 Å². The Kier molecular flexibility index (Phi) is 7.49. The fraction of sp³-hybridized carbons (Fsp3) is 0.207. The highest BCUT2D eigenvalue weighted by Gasteiger charge is 2.25. The maximum atomic E-state index is 9.89. The van der Waals surface area contributed by atoms with Crippen LogP contribution in [0.4, 0.5) is 17.1 Å². The summed E-state index contributed by atoms with van der Waals surface area (Å²) in [5, 5.41) is 20.7. The number of hydrazine groups is 2. The van der Waals surface area contributed by atoms with Crippen molar-refractivity contribution in [3.63, 3.8) is 0 Å². The van der Waals surface area contributed by atoms with Crippen LogP contribution < -0.4 is 21.6 Å². The van der Waals surface area contributed by atoms with E-state index in [0.717, 1.165) is 33.9 Å². The van der Waals surface area contributed by atoms with Gasteiger partial charge in [0.05, 0.1) is 33.5 Å². The van der Waals surface area contributed by atoms with Gasteiger partial charge in [0.25, 0.3) is 0 Å². The number of nitriles is 1. The molecule has 198 valence electrons. The van der Waals surface area contributed by atoms with Gasteiger partial charge in [0.2, 0.25) is 0 Å². The molecule has 0 saturated heterocycles. The summed E-state index contributed by atoms with van der Waals surface area (Å²) in [6.45, 7) is 8.13. The van der Waals surface area contributed by atoms with Gasteiger partial charge in [0, 0.05) is 57.7 Å². The minimum atomic E-state index is -0.261. The van der Waals surface area contributed by atoms with Crippen molar-refractivity contribution in [3.05, 3.63) is 99.2 Å². The summed E-state index contributed by atoms with van der Waals surface area (Å²) in [6.07, 6.45) is 5.35. The second-order valence-corrected chi connectivity index (χ2v) is 10.5. The minimum Gasteiger partial charge on any atom is -0.373 e. The smallest absolute Gasteiger partial charge is 0.103 e. The molecule has 0 unspecified atom stereocenters. The minimum absolute atomic E-state index is 0.250. The highest BCUT2D eigenvalue weighted by molar-refractivity contribution is 6.36. The quantitative estimate of drug-likeness (QED) is 0.194. The van der Waals surface area contributed by atoms with Crippen LogP contribution >= 0.6 is 23.2 Å². The second-order valence-electron chi connectivity index (χ2n) is 9.68. The van der Waals surface area contributed by atoms with Gasteiger partial charge >= 0.3 is 0 Å². The average molecular weight is 560 g/mol. The lowest BCUT2D eigenvalue weighted by atomic mass is 10.0. The Balaban J connectivity index is 1.61. The molecule has 0 aliphatic carbocycles. The van der Waals surface area contributed by atoms with Crippen LogP contribution in [0.5, 0.6) is 0 Å². The van der Waals surface area contributed by atoms with Crippen LogP contribution in [0.25, 0.3) is 10.9 Å². The number of hydrogen-bond donors (Lipinski definition) is 4. The second kappa shape index (κ2) is 11.0. The Morgan fingerprint density at radius 1 is 1.03 bits per heavy atom. The van der Waals surface area contributed by atoms with Crippen LogP contribution in [0.2, 0.25) is 10.0 Å². The van der Waals surface area contributed by atoms with Gasteiger partial charge in [0.1, 0.15) is 6.07 Å². The molecule has 4 aromatic rings. The zero-order chi connectivity index (χ0) is 27.7. The lowest BCUT2D eigenvalue weighted by Crippen LogP contribution is -2.41. The highest BCUT2D eigenvalue weighted by atomic mass is 35.5. The Bertz CT molecular complexity index is 1630. The number of anilines is 3. The van der Waals surface area contributed by atoms with Crippen molar-refractivity contribution < 1.29 is 0 Å². The lowest BCUT2D eigenvalue weighted by Gasteiger charge is -2.23. The van der Waals surface area contributed by atoms with Gasteiger partial charge in [-0.2, -0.15) is 5.26 Å². The van der Waals surface area contributed by atoms with E-state index >= 15 is 0 Å². The number of pyridine rings is 2. The third-order valence-electron chi connectivity index (χ3n) is 6.63. The van der Waals surface area contributed by atoms with E-state index in [2.05, 4.69) is 51.5 Å². The number of nitrogens with zero attached hydrogens (tertiary/aromatic N) is 4. The monoisotopic (exact) mass is 558 g/mol. The molecule has 1 aliphatic rings. The standard InChI is InChI=1S/C29H28Cl2N8/c1-16(2)39-15-26(37-38-39)29(22-6-5-9-33-18(22)4)36-21-10-23-27(35-20-8-7-17(3)24(30)11-20)19(13-32)14-34-28(23)25(31)12-21/h5-12,14-16,29,36-38H,1-4H3,(H,34,35)/t29-/m0/s1. The first-order valence-electron chi connectivity index (χ1n) is 12.5. The number of aryl methyl sites for hydroxylation is 2. The molecule has 1 aliphatic heterocycles. The first kappa shape index (κ1) is 26.6. The normalized spacial score (nSPS) is 13.7. The van der Waals surface area contributed by atoms with Crippen LogP contribution in [-0.2, 0) is 0 Å². The third kappa shape index (κ3) is 5.43. The number of benzene rings is 2. The Labute approximate surface area is 237 Å². The van der Waals surface area contributed by atoms with Gasteiger partial charge < -0.3 is 16.1 Å². The van der Waals surface area contributed by atoms with Crippen molar-refractivity contribution in [1.29, 1.82) is 5.26 Å². The van der Waals surface area contributed by atoms with Gasteiger partial charge in [-0.1, -0.05) is 35.3 Å². The SMILES string of the molecule is Cc1ccc(Nc2c(C#N)cnc3c(Cl)cc(N[C@H](C4=CN(C(C)C)NN4)c4cccnc4C)cc23)cc1Cl. The van der Waals surface area contributed by atoms with E-state index in [0.29, 0.717) is 32.2 Å². The van der Waals surface area contributed by atoms with Crippen molar-refractivity contribution in [2.75, 3.05) is 10.6 Å². The first-order chi connectivity index (χ1) is 18.7. The first-order valence-corrected chi connectivity index (χ1v) is 13.3. The molecular weight excluding hydrogens is 531 g/mol. The summed E-state index contributed by atoms with van der Waals surface area (Å²) in [7, 11) is 0. The van der Waals surface area contributed by atoms with Gasteiger partial charge in [-0.3, -0.25) is 15.0 Å². The Morgan fingerprint density at radius 3 is 2.51 bits per heavy atom. The van der Waals surface area contributed by atoms with Crippen LogP contribution in [0.15, 0.2) is 66.8 Å². The average Bonchev–Trinajstić information content (AvgIpc) is 3.41. The van der Waals surface area contributed by atoms with Gasteiger partial charge in [0.15, 0.2) is 0 Å². The molecule has 0 amide bonds. The third-order valence-corrected chi connectivity index (χ3v) is 7.33. The van der Waals surface area contributed by atoms with E-state index in [-0.39, 0.29) is 12.1 Å². The molecule has 3 heterocycles. The van der Waals surface area contributed by atoms with Crippen molar-refractivity contribution in [2.45, 2.75) is 39.8 Å². The zero-order valence-corrected chi connectivity index (χ0v) is 23.5. The molecule has 5 rings (SSSR count). The van der Waals surface area contributed by atoms with Crippen molar-refractivity contribution >= 4 is 51.2 Å². The fourth-order valence-electron chi connectivity index (χ4n) is 4.44. The molecule has 39 heavy (non-hydrogen) atoms. The lowest BCUT2D eigenvalue weighted by molar-refractivity contribution is 0.221. The zero-order valence-electron chi connectivity index (χ0n) is 22.0. The van der Waals surface area contributed by atoms with Crippen LogP contribution in [-0.4, -0.2) is 21.0 Å². The number of nitrogens with one attached hydrogen (secondary N) is 4. The van der Waals surface area contributed by atoms with Crippen molar-refractivity contribution in [1.82, 2.24) is 25.9 Å². The highest BCUT2D eigenvalue weighted by Crippen LogP contribution is 2.37.